The summed E-state index contributed by atoms with van der Waals surface area (Å²) in [5.41, 5.74) is 2.74. The van der Waals surface area contributed by atoms with Gasteiger partial charge in [0.15, 0.2) is 0 Å². The lowest BCUT2D eigenvalue weighted by Crippen LogP contribution is -2.28. The van der Waals surface area contributed by atoms with Crippen molar-refractivity contribution in [2.75, 3.05) is 0 Å². The van der Waals surface area contributed by atoms with E-state index in [1.54, 1.807) is 16.0 Å². The Morgan fingerprint density at radius 2 is 2.13 bits per heavy atom. The summed E-state index contributed by atoms with van der Waals surface area (Å²) in [4.78, 5) is 17.8. The SMILES string of the molecule is Cc1nc(C(C)NC(=O)CCn2nnc3ccccc32)c(C)s1. The summed E-state index contributed by atoms with van der Waals surface area (Å²) in [6.45, 7) is 6.48. The first-order chi connectivity index (χ1) is 11.0. The van der Waals surface area contributed by atoms with E-state index in [0.29, 0.717) is 13.0 Å². The number of rotatable bonds is 5. The van der Waals surface area contributed by atoms with Crippen molar-refractivity contribution in [3.63, 3.8) is 0 Å². The van der Waals surface area contributed by atoms with E-state index in [2.05, 4.69) is 20.6 Å². The van der Waals surface area contributed by atoms with Crippen LogP contribution in [0.1, 0.15) is 35.0 Å². The highest BCUT2D eigenvalue weighted by Crippen LogP contribution is 2.22. The fourth-order valence-corrected chi connectivity index (χ4v) is 3.53. The molecule has 0 bridgehead atoms. The fraction of sp³-hybridized carbons (Fsp3) is 0.375. The molecule has 0 aliphatic heterocycles. The highest BCUT2D eigenvalue weighted by atomic mass is 32.1. The van der Waals surface area contributed by atoms with E-state index in [9.17, 15) is 4.79 Å². The molecule has 0 aliphatic rings. The maximum absolute atomic E-state index is 12.2. The highest BCUT2D eigenvalue weighted by molar-refractivity contribution is 7.11. The summed E-state index contributed by atoms with van der Waals surface area (Å²) in [7, 11) is 0. The maximum Gasteiger partial charge on any atom is 0.222 e. The van der Waals surface area contributed by atoms with Crippen LogP contribution in [0.3, 0.4) is 0 Å². The van der Waals surface area contributed by atoms with Gasteiger partial charge in [0.2, 0.25) is 5.91 Å². The first-order valence-corrected chi connectivity index (χ1v) is 8.38. The molecule has 1 atom stereocenters. The molecule has 23 heavy (non-hydrogen) atoms. The normalized spacial score (nSPS) is 12.5. The number of aromatic nitrogens is 4. The molecule has 2 aromatic heterocycles. The quantitative estimate of drug-likeness (QED) is 0.781. The number of benzene rings is 1. The van der Waals surface area contributed by atoms with Crippen LogP contribution in [0.5, 0.6) is 0 Å². The molecular weight excluding hydrogens is 310 g/mol. The van der Waals surface area contributed by atoms with Crippen LogP contribution in [0.25, 0.3) is 11.0 Å². The number of nitrogens with one attached hydrogen (secondary N) is 1. The lowest BCUT2D eigenvalue weighted by Gasteiger charge is -2.12. The Morgan fingerprint density at radius 1 is 1.35 bits per heavy atom. The number of carbonyl (C=O) groups is 1. The van der Waals surface area contributed by atoms with Crippen LogP contribution >= 0.6 is 11.3 Å². The second-order valence-corrected chi connectivity index (χ2v) is 6.92. The van der Waals surface area contributed by atoms with Crippen LogP contribution in [0.4, 0.5) is 0 Å². The van der Waals surface area contributed by atoms with Gasteiger partial charge < -0.3 is 5.32 Å². The summed E-state index contributed by atoms with van der Waals surface area (Å²) in [5, 5.41) is 12.2. The summed E-state index contributed by atoms with van der Waals surface area (Å²) >= 11 is 1.65. The van der Waals surface area contributed by atoms with Crippen LogP contribution in [0, 0.1) is 13.8 Å². The van der Waals surface area contributed by atoms with E-state index in [0.717, 1.165) is 26.6 Å². The average Bonchev–Trinajstić information content (AvgIpc) is 3.08. The number of fused-ring (bicyclic) bond motifs is 1. The average molecular weight is 329 g/mol. The van der Waals surface area contributed by atoms with Crippen molar-refractivity contribution in [2.45, 2.75) is 39.8 Å². The van der Waals surface area contributed by atoms with Gasteiger partial charge in [0.25, 0.3) is 0 Å². The number of nitrogens with zero attached hydrogens (tertiary/aromatic N) is 4. The zero-order valence-electron chi connectivity index (χ0n) is 13.4. The number of amides is 1. The molecule has 0 aliphatic carbocycles. The Labute approximate surface area is 138 Å². The molecule has 1 amide bonds. The minimum absolute atomic E-state index is 0.0119. The molecule has 6 nitrogen and oxygen atoms in total. The van der Waals surface area contributed by atoms with Crippen molar-refractivity contribution in [1.29, 1.82) is 0 Å². The Balaban J connectivity index is 1.60. The Hall–Kier alpha value is -2.28. The number of thiazole rings is 1. The topological polar surface area (TPSA) is 72.7 Å². The third kappa shape index (κ3) is 3.39. The van der Waals surface area contributed by atoms with Crippen LogP contribution < -0.4 is 5.32 Å². The molecule has 2 heterocycles. The van der Waals surface area contributed by atoms with Gasteiger partial charge in [-0.2, -0.15) is 0 Å². The zero-order chi connectivity index (χ0) is 16.4. The molecule has 0 spiro atoms. The van der Waals surface area contributed by atoms with Crippen molar-refractivity contribution >= 4 is 28.3 Å². The number of aryl methyl sites for hydroxylation is 3. The molecule has 0 radical (unpaired) electrons. The minimum atomic E-state index is -0.0834. The predicted molar refractivity (Wildman–Crippen MR) is 90.3 cm³/mol. The lowest BCUT2D eigenvalue weighted by atomic mass is 10.2. The van der Waals surface area contributed by atoms with Gasteiger partial charge in [-0.25, -0.2) is 9.67 Å². The van der Waals surface area contributed by atoms with Gasteiger partial charge in [0, 0.05) is 11.3 Å². The van der Waals surface area contributed by atoms with Crippen LogP contribution in [-0.4, -0.2) is 25.9 Å². The van der Waals surface area contributed by atoms with E-state index in [1.165, 1.54) is 0 Å². The largest absolute Gasteiger partial charge is 0.348 e. The van der Waals surface area contributed by atoms with E-state index in [-0.39, 0.29) is 11.9 Å². The van der Waals surface area contributed by atoms with Gasteiger partial charge in [-0.15, -0.1) is 16.4 Å². The van der Waals surface area contributed by atoms with Crippen molar-refractivity contribution in [1.82, 2.24) is 25.3 Å². The molecule has 3 aromatic rings. The molecule has 120 valence electrons. The highest BCUT2D eigenvalue weighted by Gasteiger charge is 2.15. The second kappa shape index (κ2) is 6.45. The molecule has 7 heteroatoms. The van der Waals surface area contributed by atoms with E-state index in [4.69, 9.17) is 0 Å². The fourth-order valence-electron chi connectivity index (χ4n) is 2.62. The van der Waals surface area contributed by atoms with Gasteiger partial charge >= 0.3 is 0 Å². The Morgan fingerprint density at radius 3 is 2.87 bits per heavy atom. The third-order valence-corrected chi connectivity index (χ3v) is 4.60. The standard InChI is InChI=1S/C16H19N5OS/c1-10(16-11(2)23-12(3)18-16)17-15(22)8-9-21-14-7-5-4-6-13(14)19-20-21/h4-7,10H,8-9H2,1-3H3,(H,17,22). The maximum atomic E-state index is 12.2. The smallest absolute Gasteiger partial charge is 0.222 e. The van der Waals surface area contributed by atoms with Crippen molar-refractivity contribution in [3.05, 3.63) is 39.8 Å². The predicted octanol–water partition coefficient (Wildman–Crippen LogP) is 2.77. The van der Waals surface area contributed by atoms with Crippen LogP contribution in [-0.2, 0) is 11.3 Å². The zero-order valence-corrected chi connectivity index (χ0v) is 14.2. The Kier molecular flexibility index (Phi) is 4.38. The number of hydrogen-bond donors (Lipinski definition) is 1. The third-order valence-electron chi connectivity index (χ3n) is 3.70. The summed E-state index contributed by atoms with van der Waals surface area (Å²) < 4.78 is 1.76. The summed E-state index contributed by atoms with van der Waals surface area (Å²) in [6.07, 6.45) is 0.361. The van der Waals surface area contributed by atoms with Crippen molar-refractivity contribution < 1.29 is 4.79 Å². The molecule has 1 aromatic carbocycles. The molecular formula is C16H19N5OS. The molecule has 0 fully saturated rings. The number of carbonyl (C=O) groups excluding carboxylic acids is 1. The number of hydrogen-bond acceptors (Lipinski definition) is 5. The molecule has 1 N–H and O–H groups in total. The van der Waals surface area contributed by atoms with Gasteiger partial charge in [-0.1, -0.05) is 17.3 Å². The first-order valence-electron chi connectivity index (χ1n) is 7.56. The van der Waals surface area contributed by atoms with E-state index < -0.39 is 0 Å². The van der Waals surface area contributed by atoms with Gasteiger partial charge in [0.1, 0.15) is 5.52 Å². The van der Waals surface area contributed by atoms with E-state index in [1.807, 2.05) is 45.0 Å². The van der Waals surface area contributed by atoms with Crippen LogP contribution in [0.2, 0.25) is 0 Å². The van der Waals surface area contributed by atoms with Crippen molar-refractivity contribution in [3.8, 4) is 0 Å². The first kappa shape index (κ1) is 15.6. The second-order valence-electron chi connectivity index (χ2n) is 5.51. The van der Waals surface area contributed by atoms with E-state index >= 15 is 0 Å². The monoisotopic (exact) mass is 329 g/mol. The molecule has 0 saturated carbocycles. The van der Waals surface area contributed by atoms with Crippen molar-refractivity contribution in [2.24, 2.45) is 0 Å². The van der Waals surface area contributed by atoms with Gasteiger partial charge in [0.05, 0.1) is 28.8 Å². The van der Waals surface area contributed by atoms with Crippen LogP contribution in [0.15, 0.2) is 24.3 Å². The molecule has 3 rings (SSSR count). The molecule has 0 saturated heterocycles. The minimum Gasteiger partial charge on any atom is -0.348 e. The Bertz CT molecular complexity index is 838. The lowest BCUT2D eigenvalue weighted by molar-refractivity contribution is -0.122. The van der Waals surface area contributed by atoms with Gasteiger partial charge in [-0.05, 0) is 32.9 Å². The summed E-state index contributed by atoms with van der Waals surface area (Å²) in [5.74, 6) is -0.0119. The molecule has 1 unspecified atom stereocenters. The van der Waals surface area contributed by atoms with Gasteiger partial charge in [-0.3, -0.25) is 4.79 Å². The number of para-hydroxylation sites is 1. The summed E-state index contributed by atoms with van der Waals surface area (Å²) in [6, 6.07) is 7.65.